The molecule has 0 aliphatic rings. The molecule has 0 aliphatic heterocycles. The van der Waals surface area contributed by atoms with Gasteiger partial charge in [0.25, 0.3) is 0 Å². The topological polar surface area (TPSA) is 67.4 Å². The summed E-state index contributed by atoms with van der Waals surface area (Å²) >= 11 is 0. The molecule has 94 valence electrons. The fourth-order valence-electron chi connectivity index (χ4n) is 1.33. The van der Waals surface area contributed by atoms with Crippen molar-refractivity contribution in [2.45, 2.75) is 39.2 Å². The van der Waals surface area contributed by atoms with E-state index in [2.05, 4.69) is 15.4 Å². The van der Waals surface area contributed by atoms with Crippen molar-refractivity contribution in [3.05, 3.63) is 0 Å². The largest absolute Gasteiger partial charge is 0.469 e. The zero-order valence-electron chi connectivity index (χ0n) is 10.3. The van der Waals surface area contributed by atoms with E-state index in [1.54, 1.807) is 0 Å². The fourth-order valence-corrected chi connectivity index (χ4v) is 1.33. The van der Waals surface area contributed by atoms with Gasteiger partial charge in [-0.15, -0.1) is 0 Å². The molecule has 1 unspecified atom stereocenters. The van der Waals surface area contributed by atoms with Crippen LogP contribution in [-0.4, -0.2) is 38.1 Å². The maximum absolute atomic E-state index is 11.4. The normalized spacial score (nSPS) is 11.9. The number of ether oxygens (including phenoxy) is 1. The van der Waals surface area contributed by atoms with E-state index in [0.717, 1.165) is 6.54 Å². The molecular formula is C11H22N2O3. The Morgan fingerprint density at radius 3 is 2.62 bits per heavy atom. The lowest BCUT2D eigenvalue weighted by atomic mass is 10.2. The van der Waals surface area contributed by atoms with Crippen LogP contribution in [0.2, 0.25) is 0 Å². The Hall–Kier alpha value is -1.10. The molecule has 0 saturated carbocycles. The van der Waals surface area contributed by atoms with Gasteiger partial charge >= 0.3 is 5.97 Å². The molecule has 0 radical (unpaired) electrons. The molecule has 0 aromatic carbocycles. The first-order valence-electron chi connectivity index (χ1n) is 5.67. The molecule has 0 saturated heterocycles. The highest BCUT2D eigenvalue weighted by molar-refractivity contribution is 5.76. The van der Waals surface area contributed by atoms with E-state index in [-0.39, 0.29) is 17.9 Å². The molecule has 0 bridgehead atoms. The summed E-state index contributed by atoms with van der Waals surface area (Å²) < 4.78 is 4.49. The highest BCUT2D eigenvalue weighted by atomic mass is 16.5. The first-order valence-corrected chi connectivity index (χ1v) is 5.67. The highest BCUT2D eigenvalue weighted by Crippen LogP contribution is 1.92. The Morgan fingerprint density at radius 1 is 1.38 bits per heavy atom. The van der Waals surface area contributed by atoms with Crippen LogP contribution in [0.1, 0.15) is 33.1 Å². The van der Waals surface area contributed by atoms with Gasteiger partial charge in [-0.05, 0) is 19.9 Å². The number of hydrogen-bond acceptors (Lipinski definition) is 4. The number of carbonyl (C=O) groups excluding carboxylic acids is 2. The maximum atomic E-state index is 11.4. The lowest BCUT2D eigenvalue weighted by Crippen LogP contribution is -2.34. The molecule has 0 spiro atoms. The summed E-state index contributed by atoms with van der Waals surface area (Å²) in [6, 6.07) is 0.186. The van der Waals surface area contributed by atoms with E-state index in [1.165, 1.54) is 7.11 Å². The Bertz CT molecular complexity index is 219. The monoisotopic (exact) mass is 230 g/mol. The standard InChI is InChI=1S/C11H22N2O3/c1-4-12-9(2)8-10(14)13-7-5-6-11(15)16-3/h9,12H,4-8H2,1-3H3,(H,13,14). The summed E-state index contributed by atoms with van der Waals surface area (Å²) in [4.78, 5) is 22.1. The second-order valence-electron chi connectivity index (χ2n) is 3.69. The molecule has 0 aromatic heterocycles. The van der Waals surface area contributed by atoms with Crippen LogP contribution >= 0.6 is 0 Å². The van der Waals surface area contributed by atoms with Gasteiger partial charge in [0.05, 0.1) is 7.11 Å². The van der Waals surface area contributed by atoms with Gasteiger partial charge in [-0.25, -0.2) is 0 Å². The second-order valence-corrected chi connectivity index (χ2v) is 3.69. The van der Waals surface area contributed by atoms with E-state index in [4.69, 9.17) is 0 Å². The van der Waals surface area contributed by atoms with Gasteiger partial charge in [-0.1, -0.05) is 6.92 Å². The van der Waals surface area contributed by atoms with Crippen LogP contribution in [-0.2, 0) is 14.3 Å². The summed E-state index contributed by atoms with van der Waals surface area (Å²) in [5.41, 5.74) is 0. The van der Waals surface area contributed by atoms with E-state index >= 15 is 0 Å². The van der Waals surface area contributed by atoms with Gasteiger partial charge in [0.15, 0.2) is 0 Å². The molecule has 1 atom stereocenters. The van der Waals surface area contributed by atoms with Crippen molar-refractivity contribution in [3.63, 3.8) is 0 Å². The first kappa shape index (κ1) is 14.9. The van der Waals surface area contributed by atoms with Crippen LogP contribution in [0.15, 0.2) is 0 Å². The molecule has 16 heavy (non-hydrogen) atoms. The molecule has 0 rings (SSSR count). The number of carbonyl (C=O) groups is 2. The van der Waals surface area contributed by atoms with Gasteiger partial charge in [0, 0.05) is 25.4 Å². The predicted molar refractivity (Wildman–Crippen MR) is 62.0 cm³/mol. The van der Waals surface area contributed by atoms with E-state index in [1.807, 2.05) is 13.8 Å². The first-order chi connectivity index (χ1) is 7.60. The van der Waals surface area contributed by atoms with Crippen LogP contribution in [0.3, 0.4) is 0 Å². The van der Waals surface area contributed by atoms with Gasteiger partial charge in [0.1, 0.15) is 0 Å². The Kier molecular flexibility index (Phi) is 8.52. The molecule has 0 aromatic rings. The Labute approximate surface area is 96.9 Å². The van der Waals surface area contributed by atoms with Crippen molar-refractivity contribution < 1.29 is 14.3 Å². The summed E-state index contributed by atoms with van der Waals surface area (Å²) in [7, 11) is 1.36. The Morgan fingerprint density at radius 2 is 2.06 bits per heavy atom. The minimum Gasteiger partial charge on any atom is -0.469 e. The van der Waals surface area contributed by atoms with Crippen LogP contribution < -0.4 is 10.6 Å². The summed E-state index contributed by atoms with van der Waals surface area (Å²) in [6.45, 7) is 5.35. The van der Waals surface area contributed by atoms with E-state index in [9.17, 15) is 9.59 Å². The third-order valence-corrected chi connectivity index (χ3v) is 2.15. The summed E-state index contributed by atoms with van der Waals surface area (Å²) in [5.74, 6) is -0.228. The minimum atomic E-state index is -0.240. The van der Waals surface area contributed by atoms with E-state index < -0.39 is 0 Å². The van der Waals surface area contributed by atoms with Crippen molar-refractivity contribution in [2.24, 2.45) is 0 Å². The number of amides is 1. The fraction of sp³-hybridized carbons (Fsp3) is 0.818. The summed E-state index contributed by atoms with van der Waals surface area (Å²) in [6.07, 6.45) is 1.43. The van der Waals surface area contributed by atoms with Crippen molar-refractivity contribution >= 4 is 11.9 Å². The molecule has 0 aliphatic carbocycles. The number of hydrogen-bond donors (Lipinski definition) is 2. The molecule has 0 heterocycles. The third-order valence-electron chi connectivity index (χ3n) is 2.15. The average molecular weight is 230 g/mol. The average Bonchev–Trinajstić information content (AvgIpc) is 2.24. The second kappa shape index (κ2) is 9.15. The number of methoxy groups -OCH3 is 1. The number of rotatable bonds is 8. The Balaban J connectivity index is 3.47. The van der Waals surface area contributed by atoms with Crippen LogP contribution in [0.25, 0.3) is 0 Å². The number of esters is 1. The zero-order chi connectivity index (χ0) is 12.4. The highest BCUT2D eigenvalue weighted by Gasteiger charge is 2.07. The van der Waals surface area contributed by atoms with Crippen molar-refractivity contribution in [2.75, 3.05) is 20.2 Å². The predicted octanol–water partition coefficient (Wildman–Crippen LogP) is 0.444. The van der Waals surface area contributed by atoms with Gasteiger partial charge in [0.2, 0.25) is 5.91 Å². The van der Waals surface area contributed by atoms with Crippen LogP contribution in [0, 0.1) is 0 Å². The van der Waals surface area contributed by atoms with Gasteiger partial charge in [-0.3, -0.25) is 9.59 Å². The SMILES string of the molecule is CCNC(C)CC(=O)NCCCC(=O)OC. The molecular weight excluding hydrogens is 208 g/mol. The molecule has 5 nitrogen and oxygen atoms in total. The lowest BCUT2D eigenvalue weighted by Gasteiger charge is -2.11. The van der Waals surface area contributed by atoms with Crippen molar-refractivity contribution in [1.29, 1.82) is 0 Å². The van der Waals surface area contributed by atoms with E-state index in [0.29, 0.717) is 25.8 Å². The summed E-state index contributed by atoms with van der Waals surface area (Å²) in [5, 5.41) is 5.92. The van der Waals surface area contributed by atoms with Crippen LogP contribution in [0.4, 0.5) is 0 Å². The molecule has 2 N–H and O–H groups in total. The molecule has 1 amide bonds. The quantitative estimate of drug-likeness (QED) is 0.469. The number of nitrogens with one attached hydrogen (secondary N) is 2. The van der Waals surface area contributed by atoms with Crippen molar-refractivity contribution in [1.82, 2.24) is 10.6 Å². The maximum Gasteiger partial charge on any atom is 0.305 e. The molecule has 5 heteroatoms. The van der Waals surface area contributed by atoms with Gasteiger partial charge in [-0.2, -0.15) is 0 Å². The smallest absolute Gasteiger partial charge is 0.305 e. The van der Waals surface area contributed by atoms with Crippen molar-refractivity contribution in [3.8, 4) is 0 Å². The lowest BCUT2D eigenvalue weighted by molar-refractivity contribution is -0.140. The third kappa shape index (κ3) is 8.23. The minimum absolute atomic E-state index is 0.0123. The van der Waals surface area contributed by atoms with Crippen LogP contribution in [0.5, 0.6) is 0 Å². The zero-order valence-corrected chi connectivity index (χ0v) is 10.3. The molecule has 0 fully saturated rings. The van der Waals surface area contributed by atoms with Gasteiger partial charge < -0.3 is 15.4 Å².